The molecule has 0 amide bonds. The summed E-state index contributed by atoms with van der Waals surface area (Å²) in [7, 11) is 4.78. The molecule has 126 valence electrons. The molecule has 0 saturated carbocycles. The van der Waals surface area contributed by atoms with Crippen LogP contribution < -0.4 is 9.47 Å². The predicted octanol–water partition coefficient (Wildman–Crippen LogP) is 3.47. The number of ether oxygens (including phenoxy) is 2. The lowest BCUT2D eigenvalue weighted by Gasteiger charge is -2.09. The maximum Gasteiger partial charge on any atom is 0.161 e. The fourth-order valence-corrected chi connectivity index (χ4v) is 3.19. The monoisotopic (exact) mass is 335 g/mol. The lowest BCUT2D eigenvalue weighted by atomic mass is 10.0. The van der Waals surface area contributed by atoms with E-state index in [2.05, 4.69) is 15.4 Å². The lowest BCUT2D eigenvalue weighted by Crippen LogP contribution is -2.01. The molecular weight excluding hydrogens is 318 g/mol. The Morgan fingerprint density at radius 1 is 0.920 bits per heavy atom. The molecule has 1 aliphatic rings. The highest BCUT2D eigenvalue weighted by molar-refractivity contribution is 6.26. The van der Waals surface area contributed by atoms with E-state index in [1.807, 2.05) is 42.5 Å². The highest BCUT2D eigenvalue weighted by atomic mass is 16.6. The minimum atomic E-state index is 0.650. The molecule has 1 aliphatic carbocycles. The number of rotatable bonds is 4. The Bertz CT molecular complexity index is 976. The molecule has 1 aromatic heterocycles. The van der Waals surface area contributed by atoms with Gasteiger partial charge >= 0.3 is 0 Å². The minimum absolute atomic E-state index is 0.650. The Hall–Kier alpha value is -3.28. The van der Waals surface area contributed by atoms with Crippen molar-refractivity contribution in [2.75, 3.05) is 21.3 Å². The number of nitrogens with one attached hydrogen (secondary N) is 1. The summed E-state index contributed by atoms with van der Waals surface area (Å²) < 4.78 is 10.7. The quantitative estimate of drug-likeness (QED) is 0.580. The van der Waals surface area contributed by atoms with Crippen LogP contribution in [-0.4, -0.2) is 37.2 Å². The van der Waals surface area contributed by atoms with Gasteiger partial charge in [0.05, 0.1) is 25.5 Å². The number of nitrogens with zero attached hydrogens (tertiary/aromatic N) is 2. The summed E-state index contributed by atoms with van der Waals surface area (Å²) in [6.07, 6.45) is 0. The number of aromatic nitrogens is 2. The fraction of sp³-hybridized carbons (Fsp3) is 0.158. The lowest BCUT2D eigenvalue weighted by molar-refractivity contribution is 0.214. The molecule has 1 heterocycles. The van der Waals surface area contributed by atoms with Gasteiger partial charge in [0.1, 0.15) is 18.5 Å². The third-order valence-electron chi connectivity index (χ3n) is 4.29. The van der Waals surface area contributed by atoms with Gasteiger partial charge in [-0.3, -0.25) is 5.10 Å². The second-order valence-electron chi connectivity index (χ2n) is 5.56. The Morgan fingerprint density at radius 2 is 1.68 bits per heavy atom. The highest BCUT2D eigenvalue weighted by Crippen LogP contribution is 2.41. The van der Waals surface area contributed by atoms with E-state index in [1.54, 1.807) is 21.3 Å². The highest BCUT2D eigenvalue weighted by Gasteiger charge is 2.31. The van der Waals surface area contributed by atoms with E-state index in [0.29, 0.717) is 11.5 Å². The van der Waals surface area contributed by atoms with Crippen LogP contribution in [0.5, 0.6) is 11.5 Å². The van der Waals surface area contributed by atoms with Crippen molar-refractivity contribution in [1.29, 1.82) is 0 Å². The number of fused-ring (bicyclic) bond motifs is 3. The molecule has 25 heavy (non-hydrogen) atoms. The third-order valence-corrected chi connectivity index (χ3v) is 4.29. The second-order valence-corrected chi connectivity index (χ2v) is 5.56. The SMILES string of the molecule is CO/N=C1/c2ccccc2-c2[nH]nc(-c3ccc(OC)c(OC)c3)c21. The van der Waals surface area contributed by atoms with Gasteiger partial charge in [0.25, 0.3) is 0 Å². The van der Waals surface area contributed by atoms with Crippen molar-refractivity contribution < 1.29 is 14.3 Å². The first-order valence-corrected chi connectivity index (χ1v) is 7.80. The maximum atomic E-state index is 5.41. The molecule has 1 N–H and O–H groups in total. The second kappa shape index (κ2) is 5.98. The summed E-state index contributed by atoms with van der Waals surface area (Å²) >= 11 is 0. The van der Waals surface area contributed by atoms with E-state index < -0.39 is 0 Å². The molecule has 0 spiro atoms. The van der Waals surface area contributed by atoms with Crippen molar-refractivity contribution in [3.63, 3.8) is 0 Å². The van der Waals surface area contributed by atoms with E-state index in [4.69, 9.17) is 14.3 Å². The van der Waals surface area contributed by atoms with Gasteiger partial charge in [-0.05, 0) is 18.2 Å². The zero-order valence-corrected chi connectivity index (χ0v) is 14.2. The van der Waals surface area contributed by atoms with Crippen LogP contribution in [0.2, 0.25) is 0 Å². The normalized spacial score (nSPS) is 13.5. The third kappa shape index (κ3) is 2.26. The summed E-state index contributed by atoms with van der Waals surface area (Å²) in [5, 5.41) is 11.9. The van der Waals surface area contributed by atoms with Gasteiger partial charge in [-0.2, -0.15) is 5.10 Å². The molecule has 0 fully saturated rings. The van der Waals surface area contributed by atoms with Crippen molar-refractivity contribution >= 4 is 5.71 Å². The van der Waals surface area contributed by atoms with Crippen LogP contribution >= 0.6 is 0 Å². The van der Waals surface area contributed by atoms with Crippen LogP contribution in [0.3, 0.4) is 0 Å². The number of aromatic amines is 1. The van der Waals surface area contributed by atoms with Gasteiger partial charge in [0.15, 0.2) is 11.5 Å². The van der Waals surface area contributed by atoms with E-state index >= 15 is 0 Å². The molecule has 0 unspecified atom stereocenters. The molecule has 4 rings (SSSR count). The van der Waals surface area contributed by atoms with Gasteiger partial charge in [0, 0.05) is 16.7 Å². The topological polar surface area (TPSA) is 68.7 Å². The Morgan fingerprint density at radius 3 is 2.40 bits per heavy atom. The molecule has 0 bridgehead atoms. The fourth-order valence-electron chi connectivity index (χ4n) is 3.19. The Balaban J connectivity index is 1.91. The average molecular weight is 335 g/mol. The van der Waals surface area contributed by atoms with Crippen LogP contribution in [0.4, 0.5) is 0 Å². The van der Waals surface area contributed by atoms with E-state index in [-0.39, 0.29) is 0 Å². The molecule has 0 atom stereocenters. The molecule has 2 aromatic carbocycles. The summed E-state index contributed by atoms with van der Waals surface area (Å²) in [6.45, 7) is 0. The number of benzene rings is 2. The molecule has 6 heteroatoms. The molecule has 0 aliphatic heterocycles. The van der Waals surface area contributed by atoms with E-state index in [0.717, 1.165) is 39.4 Å². The van der Waals surface area contributed by atoms with Crippen LogP contribution in [-0.2, 0) is 4.84 Å². The van der Waals surface area contributed by atoms with Crippen LogP contribution in [0.1, 0.15) is 11.1 Å². The zero-order chi connectivity index (χ0) is 17.4. The van der Waals surface area contributed by atoms with Gasteiger partial charge in [-0.15, -0.1) is 0 Å². The molecule has 0 saturated heterocycles. The Kier molecular flexibility index (Phi) is 3.65. The van der Waals surface area contributed by atoms with Crippen molar-refractivity contribution in [3.8, 4) is 34.0 Å². The van der Waals surface area contributed by atoms with Crippen molar-refractivity contribution in [3.05, 3.63) is 53.6 Å². The van der Waals surface area contributed by atoms with E-state index in [1.165, 1.54) is 0 Å². The van der Waals surface area contributed by atoms with Gasteiger partial charge in [0.2, 0.25) is 0 Å². The van der Waals surface area contributed by atoms with Gasteiger partial charge in [-0.25, -0.2) is 0 Å². The van der Waals surface area contributed by atoms with Crippen LogP contribution in [0.15, 0.2) is 47.6 Å². The van der Waals surface area contributed by atoms with Crippen molar-refractivity contribution in [1.82, 2.24) is 10.2 Å². The number of hydrogen-bond donors (Lipinski definition) is 1. The Labute approximate surface area is 145 Å². The van der Waals surface area contributed by atoms with E-state index in [9.17, 15) is 0 Å². The summed E-state index contributed by atoms with van der Waals surface area (Å²) in [5.41, 5.74) is 6.43. The largest absolute Gasteiger partial charge is 0.493 e. The van der Waals surface area contributed by atoms with Crippen molar-refractivity contribution in [2.45, 2.75) is 0 Å². The average Bonchev–Trinajstić information content (AvgIpc) is 3.21. The predicted molar refractivity (Wildman–Crippen MR) is 95.2 cm³/mol. The summed E-state index contributed by atoms with van der Waals surface area (Å²) in [5.74, 6) is 1.32. The molecule has 3 aromatic rings. The maximum absolute atomic E-state index is 5.41. The minimum Gasteiger partial charge on any atom is -0.493 e. The van der Waals surface area contributed by atoms with Crippen LogP contribution in [0, 0.1) is 0 Å². The first kappa shape index (κ1) is 15.3. The van der Waals surface area contributed by atoms with Crippen LogP contribution in [0.25, 0.3) is 22.5 Å². The first-order valence-electron chi connectivity index (χ1n) is 7.80. The summed E-state index contributed by atoms with van der Waals surface area (Å²) in [6, 6.07) is 13.8. The van der Waals surface area contributed by atoms with Crippen molar-refractivity contribution in [2.24, 2.45) is 5.16 Å². The number of hydrogen-bond acceptors (Lipinski definition) is 5. The van der Waals surface area contributed by atoms with Gasteiger partial charge < -0.3 is 14.3 Å². The number of methoxy groups -OCH3 is 2. The zero-order valence-electron chi connectivity index (χ0n) is 14.2. The molecule has 0 radical (unpaired) electrons. The molecular formula is C19H17N3O3. The molecule has 6 nitrogen and oxygen atoms in total. The standard InChI is InChI=1S/C19H17N3O3/c1-23-14-9-8-11(10-15(14)24-2)17-16-18(21-20-17)12-6-4-5-7-13(12)19(16)22-25-3/h4-10H,1-3H3,(H,20,21)/b22-19-. The summed E-state index contributed by atoms with van der Waals surface area (Å²) in [4.78, 5) is 5.08. The number of oxime groups is 1. The smallest absolute Gasteiger partial charge is 0.161 e. The first-order chi connectivity index (χ1) is 12.3. The number of H-pyrrole nitrogens is 1. The van der Waals surface area contributed by atoms with Gasteiger partial charge in [-0.1, -0.05) is 29.4 Å².